The molecule has 5 heteroatoms. The Bertz CT molecular complexity index is 798. The van der Waals surface area contributed by atoms with Crippen molar-refractivity contribution in [1.29, 1.82) is 0 Å². The first-order valence-corrected chi connectivity index (χ1v) is 7.82. The first kappa shape index (κ1) is 15.9. The van der Waals surface area contributed by atoms with E-state index in [0.717, 1.165) is 11.4 Å². The number of hydrogen-bond acceptors (Lipinski definition) is 4. The van der Waals surface area contributed by atoms with E-state index in [4.69, 9.17) is 0 Å². The molecular formula is C19H19FN4. The average Bonchev–Trinajstić information content (AvgIpc) is 2.58. The highest BCUT2D eigenvalue weighted by molar-refractivity contribution is 5.62. The van der Waals surface area contributed by atoms with Gasteiger partial charge in [-0.15, -0.1) is 0 Å². The van der Waals surface area contributed by atoms with Gasteiger partial charge < -0.3 is 10.6 Å². The van der Waals surface area contributed by atoms with Crippen molar-refractivity contribution in [2.24, 2.45) is 0 Å². The summed E-state index contributed by atoms with van der Waals surface area (Å²) in [6, 6.07) is 16.2. The molecule has 24 heavy (non-hydrogen) atoms. The lowest BCUT2D eigenvalue weighted by Crippen LogP contribution is -1.98. The van der Waals surface area contributed by atoms with Gasteiger partial charge in [-0.25, -0.2) is 14.4 Å². The fourth-order valence-electron chi connectivity index (χ4n) is 2.27. The van der Waals surface area contributed by atoms with E-state index >= 15 is 0 Å². The van der Waals surface area contributed by atoms with Crippen LogP contribution in [0.4, 0.5) is 27.4 Å². The lowest BCUT2D eigenvalue weighted by molar-refractivity contribution is 0.628. The highest BCUT2D eigenvalue weighted by Gasteiger charge is 2.02. The van der Waals surface area contributed by atoms with Crippen LogP contribution in [0.15, 0.2) is 60.9 Å². The van der Waals surface area contributed by atoms with Crippen LogP contribution in [-0.4, -0.2) is 9.97 Å². The minimum absolute atomic E-state index is 0.268. The van der Waals surface area contributed by atoms with Gasteiger partial charge in [-0.05, 0) is 47.9 Å². The van der Waals surface area contributed by atoms with Crippen molar-refractivity contribution in [2.75, 3.05) is 10.6 Å². The van der Waals surface area contributed by atoms with E-state index in [9.17, 15) is 4.39 Å². The van der Waals surface area contributed by atoms with Gasteiger partial charge in [0.1, 0.15) is 23.8 Å². The quantitative estimate of drug-likeness (QED) is 0.675. The van der Waals surface area contributed by atoms with Crippen LogP contribution in [0.1, 0.15) is 25.3 Å². The molecule has 122 valence electrons. The maximum atomic E-state index is 12.9. The molecule has 0 unspecified atom stereocenters. The summed E-state index contributed by atoms with van der Waals surface area (Å²) in [6.45, 7) is 4.33. The van der Waals surface area contributed by atoms with E-state index in [1.807, 2.05) is 12.1 Å². The molecule has 0 spiro atoms. The minimum atomic E-state index is -0.268. The molecular weight excluding hydrogens is 303 g/mol. The van der Waals surface area contributed by atoms with Gasteiger partial charge in [-0.1, -0.05) is 26.0 Å². The summed E-state index contributed by atoms with van der Waals surface area (Å²) in [6.07, 6.45) is 1.48. The number of benzene rings is 2. The van der Waals surface area contributed by atoms with Crippen molar-refractivity contribution in [1.82, 2.24) is 9.97 Å². The number of halogens is 1. The van der Waals surface area contributed by atoms with Crippen molar-refractivity contribution in [3.8, 4) is 0 Å². The predicted octanol–water partition coefficient (Wildman–Crippen LogP) is 5.23. The van der Waals surface area contributed by atoms with E-state index in [0.29, 0.717) is 17.6 Å². The second kappa shape index (κ2) is 7.08. The maximum absolute atomic E-state index is 12.9. The summed E-state index contributed by atoms with van der Waals surface area (Å²) >= 11 is 0. The van der Waals surface area contributed by atoms with Crippen molar-refractivity contribution in [2.45, 2.75) is 19.8 Å². The highest BCUT2D eigenvalue weighted by atomic mass is 19.1. The Morgan fingerprint density at radius 2 is 1.29 bits per heavy atom. The molecule has 0 fully saturated rings. The lowest BCUT2D eigenvalue weighted by Gasteiger charge is -2.10. The summed E-state index contributed by atoms with van der Waals surface area (Å²) < 4.78 is 12.9. The van der Waals surface area contributed by atoms with Crippen molar-refractivity contribution in [3.63, 3.8) is 0 Å². The summed E-state index contributed by atoms with van der Waals surface area (Å²) in [4.78, 5) is 8.41. The van der Waals surface area contributed by atoms with E-state index < -0.39 is 0 Å². The molecule has 2 aromatic carbocycles. The van der Waals surface area contributed by atoms with Gasteiger partial charge in [0, 0.05) is 17.4 Å². The second-order valence-corrected chi connectivity index (χ2v) is 5.82. The number of hydrogen-bond donors (Lipinski definition) is 2. The number of rotatable bonds is 5. The van der Waals surface area contributed by atoms with Crippen LogP contribution in [0, 0.1) is 5.82 Å². The van der Waals surface area contributed by atoms with Gasteiger partial charge in [0.15, 0.2) is 0 Å². The van der Waals surface area contributed by atoms with Crippen molar-refractivity contribution in [3.05, 3.63) is 72.3 Å². The van der Waals surface area contributed by atoms with Crippen molar-refractivity contribution >= 4 is 23.0 Å². The molecule has 2 N–H and O–H groups in total. The topological polar surface area (TPSA) is 49.8 Å². The van der Waals surface area contributed by atoms with Crippen LogP contribution >= 0.6 is 0 Å². The Morgan fingerprint density at radius 1 is 0.792 bits per heavy atom. The highest BCUT2D eigenvalue weighted by Crippen LogP contribution is 2.21. The zero-order valence-corrected chi connectivity index (χ0v) is 13.6. The fourth-order valence-corrected chi connectivity index (χ4v) is 2.27. The van der Waals surface area contributed by atoms with E-state index in [-0.39, 0.29) is 5.82 Å². The third kappa shape index (κ3) is 4.07. The molecule has 3 aromatic rings. The Balaban J connectivity index is 1.71. The zero-order chi connectivity index (χ0) is 16.9. The third-order valence-corrected chi connectivity index (χ3v) is 3.63. The number of anilines is 4. The summed E-state index contributed by atoms with van der Waals surface area (Å²) in [7, 11) is 0. The lowest BCUT2D eigenvalue weighted by atomic mass is 10.0. The van der Waals surface area contributed by atoms with Gasteiger partial charge in [0.2, 0.25) is 0 Å². The molecule has 0 saturated carbocycles. The Kier molecular flexibility index (Phi) is 4.70. The molecule has 1 aromatic heterocycles. The Morgan fingerprint density at radius 3 is 1.79 bits per heavy atom. The molecule has 0 aliphatic heterocycles. The molecule has 0 atom stereocenters. The average molecular weight is 322 g/mol. The first-order chi connectivity index (χ1) is 11.6. The zero-order valence-electron chi connectivity index (χ0n) is 13.6. The summed E-state index contributed by atoms with van der Waals surface area (Å²) in [5.74, 6) is 1.56. The van der Waals surface area contributed by atoms with E-state index in [1.165, 1.54) is 24.0 Å². The van der Waals surface area contributed by atoms with Crippen LogP contribution < -0.4 is 10.6 Å². The molecule has 0 saturated heterocycles. The third-order valence-electron chi connectivity index (χ3n) is 3.63. The van der Waals surface area contributed by atoms with Gasteiger partial charge in [-0.3, -0.25) is 0 Å². The number of aromatic nitrogens is 2. The van der Waals surface area contributed by atoms with Gasteiger partial charge in [0.05, 0.1) is 0 Å². The molecule has 3 rings (SSSR count). The predicted molar refractivity (Wildman–Crippen MR) is 95.5 cm³/mol. The standard InChI is InChI=1S/C19H19FN4/c1-13(2)14-3-7-16(8-4-14)23-18-11-19(22-12-21-18)24-17-9-5-15(20)6-10-17/h3-13H,1-2H3,(H2,21,22,23,24). The molecule has 0 aliphatic rings. The van der Waals surface area contributed by atoms with Crippen LogP contribution in [0.5, 0.6) is 0 Å². The Labute approximate surface area is 140 Å². The smallest absolute Gasteiger partial charge is 0.135 e. The Hall–Kier alpha value is -2.95. The number of nitrogens with zero attached hydrogens (tertiary/aromatic N) is 2. The van der Waals surface area contributed by atoms with Gasteiger partial charge in [0.25, 0.3) is 0 Å². The SMILES string of the molecule is CC(C)c1ccc(Nc2cc(Nc3ccc(F)cc3)ncn2)cc1. The molecule has 0 amide bonds. The van der Waals surface area contributed by atoms with Gasteiger partial charge >= 0.3 is 0 Å². The monoisotopic (exact) mass is 322 g/mol. The summed E-state index contributed by atoms with van der Waals surface area (Å²) in [5, 5.41) is 6.38. The van der Waals surface area contributed by atoms with Crippen LogP contribution in [0.25, 0.3) is 0 Å². The van der Waals surface area contributed by atoms with Crippen LogP contribution in [0.3, 0.4) is 0 Å². The largest absolute Gasteiger partial charge is 0.340 e. The van der Waals surface area contributed by atoms with Gasteiger partial charge in [-0.2, -0.15) is 0 Å². The normalized spacial score (nSPS) is 10.7. The molecule has 0 radical (unpaired) electrons. The van der Waals surface area contributed by atoms with E-state index in [1.54, 1.807) is 18.2 Å². The van der Waals surface area contributed by atoms with Crippen LogP contribution in [-0.2, 0) is 0 Å². The molecule has 0 aliphatic carbocycles. The van der Waals surface area contributed by atoms with Crippen LogP contribution in [0.2, 0.25) is 0 Å². The fraction of sp³-hybridized carbons (Fsp3) is 0.158. The minimum Gasteiger partial charge on any atom is -0.340 e. The molecule has 0 bridgehead atoms. The maximum Gasteiger partial charge on any atom is 0.135 e. The molecule has 1 heterocycles. The first-order valence-electron chi connectivity index (χ1n) is 7.82. The van der Waals surface area contributed by atoms with Crippen molar-refractivity contribution < 1.29 is 4.39 Å². The second-order valence-electron chi connectivity index (χ2n) is 5.82. The summed E-state index contributed by atoms with van der Waals surface area (Å²) in [5.41, 5.74) is 3.02. The number of nitrogens with one attached hydrogen (secondary N) is 2. The molecule has 4 nitrogen and oxygen atoms in total. The van der Waals surface area contributed by atoms with E-state index in [2.05, 4.69) is 46.6 Å².